The van der Waals surface area contributed by atoms with Crippen LogP contribution in [0, 0.1) is 0 Å². The van der Waals surface area contributed by atoms with Gasteiger partial charge in [-0.25, -0.2) is 0 Å². The summed E-state index contributed by atoms with van der Waals surface area (Å²) in [5.74, 6) is 1.14. The third-order valence-electron chi connectivity index (χ3n) is 3.68. The van der Waals surface area contributed by atoms with Crippen LogP contribution in [0.5, 0.6) is 23.0 Å². The molecule has 0 aromatic heterocycles. The summed E-state index contributed by atoms with van der Waals surface area (Å²) in [5, 5.41) is 2.82. The topological polar surface area (TPSA) is 109 Å². The number of primary amides is 1. The Kier molecular flexibility index (Phi) is 6.87. The first kappa shape index (κ1) is 19.9. The average molecular weight is 374 g/mol. The van der Waals surface area contributed by atoms with Crippen LogP contribution in [0.25, 0.3) is 0 Å². The summed E-state index contributed by atoms with van der Waals surface area (Å²) in [5.41, 5.74) is 6.26. The molecule has 0 bridgehead atoms. The summed E-state index contributed by atoms with van der Waals surface area (Å²) in [6.07, 6.45) is 0. The van der Waals surface area contributed by atoms with Crippen LogP contribution in [-0.4, -0.2) is 39.8 Å². The van der Waals surface area contributed by atoms with Gasteiger partial charge in [-0.3, -0.25) is 9.59 Å². The lowest BCUT2D eigenvalue weighted by molar-refractivity contribution is -0.119. The lowest BCUT2D eigenvalue weighted by atomic mass is 10.1. The maximum atomic E-state index is 12.3. The molecule has 0 aliphatic rings. The van der Waals surface area contributed by atoms with E-state index in [-0.39, 0.29) is 19.1 Å². The first-order valence-electron chi connectivity index (χ1n) is 8.06. The highest BCUT2D eigenvalue weighted by Crippen LogP contribution is 2.38. The highest BCUT2D eigenvalue weighted by molar-refractivity contribution is 5.94. The highest BCUT2D eigenvalue weighted by Gasteiger charge is 2.14. The number of ether oxygens (including phenoxy) is 4. The summed E-state index contributed by atoms with van der Waals surface area (Å²) in [7, 11) is 4.58. The molecule has 0 fully saturated rings. The monoisotopic (exact) mass is 374 g/mol. The maximum absolute atomic E-state index is 12.3. The lowest BCUT2D eigenvalue weighted by Gasteiger charge is -2.14. The predicted octanol–water partition coefficient (Wildman–Crippen LogP) is 1.51. The highest BCUT2D eigenvalue weighted by atomic mass is 16.5. The number of nitrogens with one attached hydrogen (secondary N) is 1. The van der Waals surface area contributed by atoms with E-state index in [9.17, 15) is 9.59 Å². The van der Waals surface area contributed by atoms with Crippen LogP contribution in [0.15, 0.2) is 36.4 Å². The van der Waals surface area contributed by atoms with E-state index in [0.29, 0.717) is 28.6 Å². The summed E-state index contributed by atoms with van der Waals surface area (Å²) in [6, 6.07) is 9.92. The fourth-order valence-electron chi connectivity index (χ4n) is 2.38. The number of amides is 2. The molecule has 2 amide bonds. The number of methoxy groups -OCH3 is 3. The number of nitrogens with two attached hydrogens (primary N) is 1. The van der Waals surface area contributed by atoms with Gasteiger partial charge in [-0.15, -0.1) is 0 Å². The van der Waals surface area contributed by atoms with Gasteiger partial charge < -0.3 is 30.0 Å². The molecule has 0 aliphatic heterocycles. The molecule has 0 heterocycles. The molecule has 0 saturated heterocycles. The Morgan fingerprint density at radius 1 is 0.963 bits per heavy atom. The zero-order valence-corrected chi connectivity index (χ0v) is 15.4. The van der Waals surface area contributed by atoms with Gasteiger partial charge in [0.25, 0.3) is 11.8 Å². The van der Waals surface area contributed by atoms with Crippen molar-refractivity contribution in [2.24, 2.45) is 5.73 Å². The van der Waals surface area contributed by atoms with Gasteiger partial charge in [0.05, 0.1) is 21.3 Å². The fraction of sp³-hybridized carbons (Fsp3) is 0.263. The van der Waals surface area contributed by atoms with E-state index in [0.717, 1.165) is 5.56 Å². The van der Waals surface area contributed by atoms with Gasteiger partial charge >= 0.3 is 0 Å². The third kappa shape index (κ3) is 5.27. The molecule has 2 rings (SSSR count). The summed E-state index contributed by atoms with van der Waals surface area (Å²) in [4.78, 5) is 23.0. The van der Waals surface area contributed by atoms with E-state index in [2.05, 4.69) is 5.32 Å². The summed E-state index contributed by atoms with van der Waals surface area (Å²) < 4.78 is 21.0. The quantitative estimate of drug-likeness (QED) is 0.689. The van der Waals surface area contributed by atoms with Gasteiger partial charge in [0, 0.05) is 12.1 Å². The molecule has 0 spiro atoms. The minimum absolute atomic E-state index is 0.216. The van der Waals surface area contributed by atoms with Crippen molar-refractivity contribution in [3.8, 4) is 23.0 Å². The number of carbonyl (C=O) groups is 2. The second-order valence-corrected chi connectivity index (χ2v) is 5.50. The van der Waals surface area contributed by atoms with Gasteiger partial charge in [0.2, 0.25) is 5.75 Å². The molecular formula is C19H22N2O6. The number of hydrogen-bond donors (Lipinski definition) is 2. The van der Waals surface area contributed by atoms with Gasteiger partial charge in [0.1, 0.15) is 5.75 Å². The smallest absolute Gasteiger partial charge is 0.255 e. The molecule has 0 saturated carbocycles. The van der Waals surface area contributed by atoms with Crippen LogP contribution in [0.3, 0.4) is 0 Å². The second-order valence-electron chi connectivity index (χ2n) is 5.50. The van der Waals surface area contributed by atoms with Crippen molar-refractivity contribution in [3.05, 3.63) is 47.5 Å². The lowest BCUT2D eigenvalue weighted by Crippen LogP contribution is -2.23. The zero-order chi connectivity index (χ0) is 19.8. The SMILES string of the molecule is COc1cc(CNC(=O)c2ccc(OCC(N)=O)cc2)cc(OC)c1OC. The van der Waals surface area contributed by atoms with Crippen molar-refractivity contribution in [2.75, 3.05) is 27.9 Å². The van der Waals surface area contributed by atoms with Gasteiger partial charge in [-0.1, -0.05) is 0 Å². The minimum atomic E-state index is -0.567. The predicted molar refractivity (Wildman–Crippen MR) is 98.4 cm³/mol. The van der Waals surface area contributed by atoms with E-state index in [4.69, 9.17) is 24.7 Å². The normalized spacial score (nSPS) is 10.0. The molecule has 3 N–H and O–H groups in total. The van der Waals surface area contributed by atoms with E-state index in [1.54, 1.807) is 36.4 Å². The molecule has 27 heavy (non-hydrogen) atoms. The van der Waals surface area contributed by atoms with Gasteiger partial charge in [-0.05, 0) is 42.0 Å². The molecule has 144 valence electrons. The van der Waals surface area contributed by atoms with Crippen molar-refractivity contribution in [2.45, 2.75) is 6.54 Å². The Labute approximate surface area is 157 Å². The maximum Gasteiger partial charge on any atom is 0.255 e. The Morgan fingerprint density at radius 3 is 2.04 bits per heavy atom. The van der Waals surface area contributed by atoms with Crippen LogP contribution in [-0.2, 0) is 11.3 Å². The van der Waals surface area contributed by atoms with E-state index in [1.165, 1.54) is 21.3 Å². The van der Waals surface area contributed by atoms with Crippen molar-refractivity contribution < 1.29 is 28.5 Å². The summed E-state index contributed by atoms with van der Waals surface area (Å²) >= 11 is 0. The van der Waals surface area contributed by atoms with Crippen LogP contribution in [0.2, 0.25) is 0 Å². The molecule has 0 radical (unpaired) electrons. The molecule has 0 unspecified atom stereocenters. The Balaban J connectivity index is 2.03. The third-order valence-corrected chi connectivity index (χ3v) is 3.68. The van der Waals surface area contributed by atoms with Crippen LogP contribution < -0.4 is 30.0 Å². The molecule has 0 aliphatic carbocycles. The molecule has 8 heteroatoms. The number of carbonyl (C=O) groups excluding carboxylic acids is 2. The molecular weight excluding hydrogens is 352 g/mol. The number of benzene rings is 2. The molecule has 2 aromatic rings. The first-order valence-corrected chi connectivity index (χ1v) is 8.06. The Morgan fingerprint density at radius 2 is 1.56 bits per heavy atom. The zero-order valence-electron chi connectivity index (χ0n) is 15.4. The summed E-state index contributed by atoms with van der Waals surface area (Å²) in [6.45, 7) is 0.0577. The molecule has 2 aromatic carbocycles. The van der Waals surface area contributed by atoms with E-state index in [1.807, 2.05) is 0 Å². The Bertz CT molecular complexity index is 779. The van der Waals surface area contributed by atoms with Gasteiger partial charge in [-0.2, -0.15) is 0 Å². The number of rotatable bonds is 9. The minimum Gasteiger partial charge on any atom is -0.493 e. The standard InChI is InChI=1S/C19H22N2O6/c1-24-15-8-12(9-16(25-2)18(15)26-3)10-21-19(23)13-4-6-14(7-5-13)27-11-17(20)22/h4-9H,10-11H2,1-3H3,(H2,20,22)(H,21,23). The largest absolute Gasteiger partial charge is 0.493 e. The van der Waals surface area contributed by atoms with Gasteiger partial charge in [0.15, 0.2) is 18.1 Å². The van der Waals surface area contributed by atoms with Crippen LogP contribution >= 0.6 is 0 Å². The van der Waals surface area contributed by atoms with E-state index >= 15 is 0 Å². The number of hydrogen-bond acceptors (Lipinski definition) is 6. The van der Waals surface area contributed by atoms with Crippen molar-refractivity contribution in [1.29, 1.82) is 0 Å². The Hall–Kier alpha value is -3.42. The molecule has 8 nitrogen and oxygen atoms in total. The van der Waals surface area contributed by atoms with Crippen molar-refractivity contribution in [3.63, 3.8) is 0 Å². The van der Waals surface area contributed by atoms with Crippen LogP contribution in [0.4, 0.5) is 0 Å². The van der Waals surface area contributed by atoms with Crippen LogP contribution in [0.1, 0.15) is 15.9 Å². The van der Waals surface area contributed by atoms with Crippen molar-refractivity contribution >= 4 is 11.8 Å². The second kappa shape index (κ2) is 9.33. The average Bonchev–Trinajstić information content (AvgIpc) is 2.69. The fourth-order valence-corrected chi connectivity index (χ4v) is 2.38. The van der Waals surface area contributed by atoms with E-state index < -0.39 is 5.91 Å². The first-order chi connectivity index (χ1) is 13.0. The van der Waals surface area contributed by atoms with Crippen molar-refractivity contribution in [1.82, 2.24) is 5.32 Å². The molecule has 0 atom stereocenters.